The van der Waals surface area contributed by atoms with Gasteiger partial charge < -0.3 is 4.98 Å². The highest BCUT2D eigenvalue weighted by Gasteiger charge is 2.18. The number of aromatic nitrogens is 3. The quantitative estimate of drug-likeness (QED) is 0.923. The molecule has 0 saturated carbocycles. The fourth-order valence-corrected chi connectivity index (χ4v) is 2.97. The molecule has 1 unspecified atom stereocenters. The monoisotopic (exact) mass is 264 g/mol. The lowest BCUT2D eigenvalue weighted by Gasteiger charge is -2.23. The van der Waals surface area contributed by atoms with Gasteiger partial charge in [-0.15, -0.1) is 11.3 Å². The molecule has 0 aliphatic carbocycles. The van der Waals surface area contributed by atoms with Crippen molar-refractivity contribution in [2.75, 3.05) is 7.05 Å². The van der Waals surface area contributed by atoms with Crippen molar-refractivity contribution in [3.63, 3.8) is 0 Å². The van der Waals surface area contributed by atoms with Crippen molar-refractivity contribution >= 4 is 11.3 Å². The Bertz CT molecular complexity index is 529. The lowest BCUT2D eigenvalue weighted by molar-refractivity contribution is 0.245. The molecule has 0 amide bonds. The highest BCUT2D eigenvalue weighted by Crippen LogP contribution is 2.26. The minimum Gasteiger partial charge on any atom is -0.348 e. The van der Waals surface area contributed by atoms with Gasteiger partial charge in [-0.3, -0.25) is 4.90 Å². The number of imidazole rings is 1. The zero-order valence-corrected chi connectivity index (χ0v) is 12.4. The summed E-state index contributed by atoms with van der Waals surface area (Å²) in [5.74, 6) is 0. The molecule has 0 fully saturated rings. The van der Waals surface area contributed by atoms with E-state index >= 15 is 0 Å². The number of H-pyrrole nitrogens is 1. The Labute approximate surface area is 112 Å². The van der Waals surface area contributed by atoms with Gasteiger partial charge in [-0.2, -0.15) is 0 Å². The first kappa shape index (κ1) is 13.2. The molecule has 1 N–H and O–H groups in total. The molecule has 0 saturated heterocycles. The molecule has 2 aromatic rings. The van der Waals surface area contributed by atoms with Crippen molar-refractivity contribution in [3.05, 3.63) is 33.3 Å². The Morgan fingerprint density at radius 2 is 2.11 bits per heavy atom. The topological polar surface area (TPSA) is 44.8 Å². The number of nitrogens with zero attached hydrogens (tertiary/aromatic N) is 3. The van der Waals surface area contributed by atoms with Crippen molar-refractivity contribution in [3.8, 4) is 0 Å². The maximum Gasteiger partial charge on any atom is 0.0925 e. The van der Waals surface area contributed by atoms with Crippen molar-refractivity contribution in [2.24, 2.45) is 0 Å². The van der Waals surface area contributed by atoms with Crippen molar-refractivity contribution in [1.29, 1.82) is 0 Å². The molecule has 0 radical (unpaired) electrons. The van der Waals surface area contributed by atoms with E-state index in [0.717, 1.165) is 22.9 Å². The first-order valence-corrected chi connectivity index (χ1v) is 6.93. The summed E-state index contributed by atoms with van der Waals surface area (Å²) in [5, 5.41) is 1.14. The summed E-state index contributed by atoms with van der Waals surface area (Å²) < 4.78 is 0. The van der Waals surface area contributed by atoms with Gasteiger partial charge in [-0.05, 0) is 34.7 Å². The Kier molecular flexibility index (Phi) is 3.82. The fraction of sp³-hybridized carbons (Fsp3) is 0.538. The van der Waals surface area contributed by atoms with Crippen LogP contribution in [-0.4, -0.2) is 26.9 Å². The maximum absolute atomic E-state index is 4.63. The van der Waals surface area contributed by atoms with Crippen LogP contribution in [0.3, 0.4) is 0 Å². The van der Waals surface area contributed by atoms with Gasteiger partial charge in [-0.25, -0.2) is 9.97 Å². The molecule has 0 aliphatic heterocycles. The number of rotatable bonds is 4. The van der Waals surface area contributed by atoms with Crippen LogP contribution in [0.15, 0.2) is 6.33 Å². The van der Waals surface area contributed by atoms with Crippen LogP contribution in [0.25, 0.3) is 0 Å². The van der Waals surface area contributed by atoms with Gasteiger partial charge >= 0.3 is 0 Å². The van der Waals surface area contributed by atoms with Crippen LogP contribution in [0.4, 0.5) is 0 Å². The van der Waals surface area contributed by atoms with Gasteiger partial charge in [0.15, 0.2) is 0 Å². The van der Waals surface area contributed by atoms with Crippen LogP contribution in [0.1, 0.15) is 39.9 Å². The van der Waals surface area contributed by atoms with E-state index in [4.69, 9.17) is 0 Å². The molecule has 18 heavy (non-hydrogen) atoms. The molecule has 2 heterocycles. The molecule has 1 atom stereocenters. The van der Waals surface area contributed by atoms with E-state index in [9.17, 15) is 0 Å². The molecule has 0 bridgehead atoms. The third-order valence-corrected chi connectivity index (χ3v) is 4.23. The summed E-state index contributed by atoms with van der Waals surface area (Å²) in [4.78, 5) is 15.7. The third kappa shape index (κ3) is 2.62. The minimum absolute atomic E-state index is 0.311. The highest BCUT2D eigenvalue weighted by atomic mass is 32.1. The van der Waals surface area contributed by atoms with Gasteiger partial charge in [0, 0.05) is 17.1 Å². The molecular weight excluding hydrogens is 244 g/mol. The van der Waals surface area contributed by atoms with E-state index in [0.29, 0.717) is 6.04 Å². The minimum atomic E-state index is 0.311. The van der Waals surface area contributed by atoms with E-state index in [-0.39, 0.29) is 0 Å². The average Bonchev–Trinajstić information content (AvgIpc) is 2.85. The van der Waals surface area contributed by atoms with Crippen molar-refractivity contribution in [2.45, 2.75) is 40.3 Å². The predicted molar refractivity (Wildman–Crippen MR) is 74.8 cm³/mol. The number of nitrogens with one attached hydrogen (secondary N) is 1. The Morgan fingerprint density at radius 3 is 2.61 bits per heavy atom. The second-order valence-electron chi connectivity index (χ2n) is 4.74. The van der Waals surface area contributed by atoms with E-state index in [1.807, 2.05) is 0 Å². The highest BCUT2D eigenvalue weighted by molar-refractivity contribution is 7.11. The number of hydrogen-bond acceptors (Lipinski definition) is 4. The summed E-state index contributed by atoms with van der Waals surface area (Å²) in [6.45, 7) is 9.30. The summed E-state index contributed by atoms with van der Waals surface area (Å²) in [6.07, 6.45) is 1.75. The van der Waals surface area contributed by atoms with Gasteiger partial charge in [0.25, 0.3) is 0 Å². The fourth-order valence-electron chi connectivity index (χ4n) is 2.06. The Balaban J connectivity index is 2.12. The SMILES string of the molecule is Cc1nc(C(C)N(C)Cc2nc[nH]c2C)c(C)s1. The van der Waals surface area contributed by atoms with E-state index in [2.05, 4.69) is 54.6 Å². The van der Waals surface area contributed by atoms with Crippen LogP contribution >= 0.6 is 11.3 Å². The van der Waals surface area contributed by atoms with Gasteiger partial charge in [0.1, 0.15) is 0 Å². The van der Waals surface area contributed by atoms with Crippen LogP contribution in [0, 0.1) is 20.8 Å². The predicted octanol–water partition coefficient (Wildman–Crippen LogP) is 2.98. The van der Waals surface area contributed by atoms with Gasteiger partial charge in [0.05, 0.1) is 28.8 Å². The molecule has 98 valence electrons. The summed E-state index contributed by atoms with van der Waals surface area (Å²) in [7, 11) is 2.12. The zero-order chi connectivity index (χ0) is 13.3. The van der Waals surface area contributed by atoms with Crippen LogP contribution in [0.2, 0.25) is 0 Å². The molecule has 0 aromatic carbocycles. The average molecular weight is 264 g/mol. The molecule has 2 rings (SSSR count). The molecular formula is C13H20N4S. The van der Waals surface area contributed by atoms with Crippen LogP contribution in [0.5, 0.6) is 0 Å². The molecule has 0 aliphatic rings. The summed E-state index contributed by atoms with van der Waals surface area (Å²) >= 11 is 1.77. The molecule has 5 heteroatoms. The normalized spacial score (nSPS) is 13.2. The Hall–Kier alpha value is -1.20. The first-order valence-electron chi connectivity index (χ1n) is 6.12. The summed E-state index contributed by atoms with van der Waals surface area (Å²) in [5.41, 5.74) is 3.43. The molecule has 0 spiro atoms. The number of hydrogen-bond donors (Lipinski definition) is 1. The second kappa shape index (κ2) is 5.20. The first-order chi connectivity index (χ1) is 8.49. The van der Waals surface area contributed by atoms with Crippen molar-refractivity contribution in [1.82, 2.24) is 19.9 Å². The van der Waals surface area contributed by atoms with Crippen LogP contribution in [-0.2, 0) is 6.54 Å². The maximum atomic E-state index is 4.63. The standard InChI is InChI=1S/C13H20N4S/c1-8-12(15-7-14-8)6-17(5)9(2)13-10(3)18-11(4)16-13/h7,9H,6H2,1-5H3,(H,14,15). The number of aromatic amines is 1. The second-order valence-corrected chi connectivity index (χ2v) is 6.15. The van der Waals surface area contributed by atoms with Crippen molar-refractivity contribution < 1.29 is 0 Å². The zero-order valence-electron chi connectivity index (χ0n) is 11.6. The van der Waals surface area contributed by atoms with Gasteiger partial charge in [-0.1, -0.05) is 0 Å². The lowest BCUT2D eigenvalue weighted by Crippen LogP contribution is -2.23. The largest absolute Gasteiger partial charge is 0.348 e. The van der Waals surface area contributed by atoms with E-state index in [1.165, 1.54) is 10.6 Å². The summed E-state index contributed by atoms with van der Waals surface area (Å²) in [6, 6.07) is 0.311. The van der Waals surface area contributed by atoms with Crippen LogP contribution < -0.4 is 0 Å². The van der Waals surface area contributed by atoms with E-state index < -0.39 is 0 Å². The lowest BCUT2D eigenvalue weighted by atomic mass is 10.2. The number of aryl methyl sites for hydroxylation is 3. The van der Waals surface area contributed by atoms with E-state index in [1.54, 1.807) is 17.7 Å². The van der Waals surface area contributed by atoms with Gasteiger partial charge in [0.2, 0.25) is 0 Å². The molecule has 4 nitrogen and oxygen atoms in total. The smallest absolute Gasteiger partial charge is 0.0925 e. The number of thiazole rings is 1. The third-order valence-electron chi connectivity index (χ3n) is 3.33. The Morgan fingerprint density at radius 1 is 1.39 bits per heavy atom. The molecule has 2 aromatic heterocycles.